The van der Waals surface area contributed by atoms with Crippen molar-refractivity contribution in [3.8, 4) is 22.9 Å². The number of anilines is 1. The smallest absolute Gasteiger partial charge is 0.408 e. The second-order valence-corrected chi connectivity index (χ2v) is 17.9. The lowest BCUT2D eigenvalue weighted by Crippen LogP contribution is -2.59. The maximum absolute atomic E-state index is 14.6. The summed E-state index contributed by atoms with van der Waals surface area (Å²) in [5, 5.41) is 21.2. The molecule has 2 aromatic heterocycles. The molecule has 3 aromatic rings. The number of halogens is 1. The molecular formula is C40H49BrN6O9S. The molecule has 0 radical (unpaired) electrons. The van der Waals surface area contributed by atoms with Crippen molar-refractivity contribution in [2.24, 2.45) is 17.3 Å². The number of hydrogen-bond acceptors (Lipinski definition) is 11. The number of carboxylic acids is 1. The van der Waals surface area contributed by atoms with E-state index < -0.39 is 58.9 Å². The number of alkyl carbamates (subject to hydrolysis) is 1. The third-order valence-electron chi connectivity index (χ3n) is 10.7. The summed E-state index contributed by atoms with van der Waals surface area (Å²) in [5.41, 5.74) is -0.945. The van der Waals surface area contributed by atoms with Gasteiger partial charge in [-0.1, -0.05) is 40.7 Å². The molecule has 2 saturated carbocycles. The van der Waals surface area contributed by atoms with Gasteiger partial charge in [0.15, 0.2) is 5.13 Å². The number of carboxylic acid groups (broad SMARTS) is 1. The Kier molecular flexibility index (Phi) is 12.2. The maximum atomic E-state index is 14.6. The van der Waals surface area contributed by atoms with Gasteiger partial charge in [-0.25, -0.2) is 19.6 Å². The zero-order valence-electron chi connectivity index (χ0n) is 32.8. The van der Waals surface area contributed by atoms with E-state index in [0.717, 1.165) is 25.7 Å². The molecule has 1 unspecified atom stereocenters. The number of benzene rings is 1. The highest BCUT2D eigenvalue weighted by Crippen LogP contribution is 2.45. The normalized spacial score (nSPS) is 22.5. The number of aliphatic carboxylic acids is 1. The third-order valence-corrected chi connectivity index (χ3v) is 12.2. The summed E-state index contributed by atoms with van der Waals surface area (Å²) >= 11 is 4.87. The van der Waals surface area contributed by atoms with Gasteiger partial charge in [0.1, 0.15) is 47.0 Å². The van der Waals surface area contributed by atoms with Crippen LogP contribution >= 0.6 is 27.3 Å². The topological polar surface area (TPSA) is 198 Å². The zero-order valence-corrected chi connectivity index (χ0v) is 35.3. The van der Waals surface area contributed by atoms with Crippen molar-refractivity contribution < 1.29 is 43.3 Å². The van der Waals surface area contributed by atoms with Crippen molar-refractivity contribution in [2.75, 3.05) is 19.0 Å². The molecule has 1 aromatic carbocycles. The number of carbonyl (C=O) groups excluding carboxylic acids is 4. The minimum atomic E-state index is -1.54. The van der Waals surface area contributed by atoms with Gasteiger partial charge in [-0.05, 0) is 65.6 Å². The molecule has 5 atom stereocenters. The SMILES string of the molecule is C=C[C@@H]1C[C@]1(NC(=O)C1C[C@H](Oc2cc(-c3csc(NC(=O)C(C)C)n3)nc3c(Br)c(OC)ccc23)CN1C(=O)[C@@H](NC(=O)OC1CCCC1)C(C)(C)C)C(=O)O. The van der Waals surface area contributed by atoms with E-state index in [-0.39, 0.29) is 37.3 Å². The van der Waals surface area contributed by atoms with Crippen LogP contribution in [0, 0.1) is 17.3 Å². The van der Waals surface area contributed by atoms with Crippen LogP contribution in [0.1, 0.15) is 73.1 Å². The molecule has 1 aliphatic heterocycles. The molecule has 3 aliphatic rings. The summed E-state index contributed by atoms with van der Waals surface area (Å²) in [5.74, 6) is -2.40. The van der Waals surface area contributed by atoms with E-state index in [1.54, 1.807) is 58.2 Å². The lowest BCUT2D eigenvalue weighted by atomic mass is 9.85. The van der Waals surface area contributed by atoms with Crippen LogP contribution in [0.2, 0.25) is 0 Å². The Labute approximate surface area is 343 Å². The first-order valence-corrected chi connectivity index (χ1v) is 20.7. The summed E-state index contributed by atoms with van der Waals surface area (Å²) in [4.78, 5) is 77.5. The summed E-state index contributed by atoms with van der Waals surface area (Å²) in [6.07, 6.45) is 3.37. The van der Waals surface area contributed by atoms with E-state index in [4.69, 9.17) is 19.2 Å². The van der Waals surface area contributed by atoms with Gasteiger partial charge in [0.05, 0.1) is 29.3 Å². The maximum Gasteiger partial charge on any atom is 0.408 e. The lowest BCUT2D eigenvalue weighted by Gasteiger charge is -2.35. The fourth-order valence-corrected chi connectivity index (χ4v) is 8.59. The van der Waals surface area contributed by atoms with E-state index >= 15 is 0 Å². The molecule has 57 heavy (non-hydrogen) atoms. The molecule has 17 heteroatoms. The predicted octanol–water partition coefficient (Wildman–Crippen LogP) is 6.30. The average molecular weight is 870 g/mol. The number of nitrogens with zero attached hydrogens (tertiary/aromatic N) is 3. The number of likely N-dealkylation sites (tertiary alicyclic amines) is 1. The quantitative estimate of drug-likeness (QED) is 0.141. The van der Waals surface area contributed by atoms with Gasteiger partial charge in [-0.15, -0.1) is 17.9 Å². The largest absolute Gasteiger partial charge is 0.495 e. The van der Waals surface area contributed by atoms with Gasteiger partial charge in [0, 0.05) is 35.1 Å². The predicted molar refractivity (Wildman–Crippen MR) is 217 cm³/mol. The number of pyridine rings is 1. The molecule has 2 aliphatic carbocycles. The van der Waals surface area contributed by atoms with Crippen molar-refractivity contribution in [3.05, 3.63) is 40.7 Å². The van der Waals surface area contributed by atoms with Crippen molar-refractivity contribution in [1.82, 2.24) is 25.5 Å². The molecule has 0 bridgehead atoms. The molecule has 0 spiro atoms. The third kappa shape index (κ3) is 8.88. The Balaban J connectivity index is 1.34. The molecule has 306 valence electrons. The first-order chi connectivity index (χ1) is 26.9. The Hall–Kier alpha value is -4.77. The highest BCUT2D eigenvalue weighted by atomic mass is 79.9. The molecule has 6 rings (SSSR count). The van der Waals surface area contributed by atoms with Crippen LogP contribution in [-0.2, 0) is 23.9 Å². The molecule has 3 fully saturated rings. The van der Waals surface area contributed by atoms with E-state index in [0.29, 0.717) is 43.4 Å². The number of ether oxygens (including phenoxy) is 3. The number of nitrogens with one attached hydrogen (secondary N) is 3. The zero-order chi connectivity index (χ0) is 41.4. The van der Waals surface area contributed by atoms with Crippen molar-refractivity contribution in [2.45, 2.75) is 103 Å². The monoisotopic (exact) mass is 868 g/mol. The fourth-order valence-electron chi connectivity index (χ4n) is 7.29. The number of fused-ring (bicyclic) bond motifs is 1. The summed E-state index contributed by atoms with van der Waals surface area (Å²) in [7, 11) is 1.54. The van der Waals surface area contributed by atoms with Crippen LogP contribution in [0.3, 0.4) is 0 Å². The number of hydrogen-bond donors (Lipinski definition) is 4. The second kappa shape index (κ2) is 16.6. The number of thiazole rings is 1. The van der Waals surface area contributed by atoms with Crippen LogP contribution in [-0.4, -0.2) is 93.2 Å². The van der Waals surface area contributed by atoms with Crippen LogP contribution < -0.4 is 25.4 Å². The van der Waals surface area contributed by atoms with Crippen molar-refractivity contribution in [3.63, 3.8) is 0 Å². The van der Waals surface area contributed by atoms with Crippen LogP contribution in [0.5, 0.6) is 11.5 Å². The Morgan fingerprint density at radius 3 is 2.42 bits per heavy atom. The average Bonchev–Trinajstić information content (AvgIpc) is 3.57. The van der Waals surface area contributed by atoms with Crippen LogP contribution in [0.15, 0.2) is 40.7 Å². The van der Waals surface area contributed by atoms with Crippen molar-refractivity contribution in [1.29, 1.82) is 0 Å². The van der Waals surface area contributed by atoms with Crippen LogP contribution in [0.25, 0.3) is 22.3 Å². The minimum absolute atomic E-state index is 0.00791. The van der Waals surface area contributed by atoms with E-state index in [9.17, 15) is 29.1 Å². The molecule has 4 N–H and O–H groups in total. The van der Waals surface area contributed by atoms with Crippen molar-refractivity contribution >= 4 is 73.1 Å². The summed E-state index contributed by atoms with van der Waals surface area (Å²) < 4.78 is 18.5. The molecule has 1 saturated heterocycles. The Morgan fingerprint density at radius 2 is 1.81 bits per heavy atom. The summed E-state index contributed by atoms with van der Waals surface area (Å²) in [6.45, 7) is 12.6. The van der Waals surface area contributed by atoms with Gasteiger partial charge in [-0.2, -0.15) is 0 Å². The molecule has 4 amide bonds. The van der Waals surface area contributed by atoms with Crippen LogP contribution in [0.4, 0.5) is 9.93 Å². The standard InChI is InChI=1S/C40H49BrN6O9S/c1-8-21-17-40(21,36(51)52)46-34(49)27-15-23(18-47(27)35(50)32(39(4,5)6)44-38(53)56-22-11-9-10-12-22)55-29-16-25(26-19-57-37(43-26)45-33(48)20(2)3)42-31-24(29)13-14-28(54-7)30(31)41/h8,13-14,16,19-23,27,32H,1,9-12,15,17-18H2,2-7H3,(H,44,53)(H,46,49)(H,51,52)(H,43,45,48)/t21-,23+,27?,32-,40-/m1/s1. The molecule has 3 heterocycles. The number of rotatable bonds is 13. The first-order valence-electron chi connectivity index (χ1n) is 19.0. The molecule has 15 nitrogen and oxygen atoms in total. The highest BCUT2D eigenvalue weighted by molar-refractivity contribution is 9.10. The van der Waals surface area contributed by atoms with Gasteiger partial charge in [0.2, 0.25) is 17.7 Å². The summed E-state index contributed by atoms with van der Waals surface area (Å²) in [6, 6.07) is 3.01. The van der Waals surface area contributed by atoms with E-state index in [2.05, 4.69) is 43.4 Å². The van der Waals surface area contributed by atoms with E-state index in [1.165, 1.54) is 29.4 Å². The number of amides is 4. The molecular weight excluding hydrogens is 820 g/mol. The Bertz CT molecular complexity index is 2080. The van der Waals surface area contributed by atoms with Gasteiger partial charge in [-0.3, -0.25) is 14.4 Å². The number of methoxy groups -OCH3 is 1. The number of aromatic nitrogens is 2. The first kappa shape index (κ1) is 41.9. The lowest BCUT2D eigenvalue weighted by molar-refractivity contribution is -0.146. The van der Waals surface area contributed by atoms with E-state index in [1.807, 2.05) is 0 Å². The van der Waals surface area contributed by atoms with Gasteiger partial charge >= 0.3 is 12.1 Å². The number of carbonyl (C=O) groups is 5. The fraction of sp³-hybridized carbons (Fsp3) is 0.525. The highest BCUT2D eigenvalue weighted by Gasteiger charge is 2.61. The Morgan fingerprint density at radius 1 is 1.09 bits per heavy atom. The minimum Gasteiger partial charge on any atom is -0.495 e. The van der Waals surface area contributed by atoms with Gasteiger partial charge in [0.25, 0.3) is 0 Å². The second-order valence-electron chi connectivity index (χ2n) is 16.2. The van der Waals surface area contributed by atoms with Gasteiger partial charge < -0.3 is 40.2 Å².